The lowest BCUT2D eigenvalue weighted by molar-refractivity contribution is -0.166. The van der Waals surface area contributed by atoms with E-state index in [0.29, 0.717) is 0 Å². The molecule has 152 valence electrons. The second-order valence-corrected chi connectivity index (χ2v) is 9.10. The monoisotopic (exact) mass is 415 g/mol. The molecular formula is C21H21NO6S. The molecule has 1 saturated heterocycles. The number of fused-ring (bicyclic) bond motifs is 2. The molecular weight excluding hydrogens is 394 g/mol. The van der Waals surface area contributed by atoms with Gasteiger partial charge in [0.2, 0.25) is 14.8 Å². The van der Waals surface area contributed by atoms with Gasteiger partial charge in [-0.2, -0.15) is 0 Å². The predicted molar refractivity (Wildman–Crippen MR) is 104 cm³/mol. The highest BCUT2D eigenvalue weighted by atomic mass is 32.2. The Morgan fingerprint density at radius 2 is 1.76 bits per heavy atom. The minimum Gasteiger partial charge on any atom is -0.350 e. The maximum absolute atomic E-state index is 13.4. The molecule has 3 unspecified atom stereocenters. The summed E-state index contributed by atoms with van der Waals surface area (Å²) in [4.78, 5) is 16.4. The second kappa shape index (κ2) is 7.38. The molecule has 2 aliphatic rings. The lowest BCUT2D eigenvalue weighted by Gasteiger charge is -2.28. The van der Waals surface area contributed by atoms with E-state index in [1.165, 1.54) is 25.3 Å². The SMILES string of the molecule is COC12C=CC(S(=O)(=O)c3ccccc3)(O1)C(C(=O)NOCc1ccccc1)C2. The van der Waals surface area contributed by atoms with E-state index in [0.717, 1.165) is 5.56 Å². The molecule has 0 aliphatic carbocycles. The Labute approximate surface area is 169 Å². The number of ether oxygens (including phenoxy) is 2. The van der Waals surface area contributed by atoms with E-state index in [-0.39, 0.29) is 17.9 Å². The number of methoxy groups -OCH3 is 1. The Balaban J connectivity index is 1.58. The van der Waals surface area contributed by atoms with Crippen LogP contribution in [0.5, 0.6) is 0 Å². The average Bonchev–Trinajstić information content (AvgIpc) is 3.32. The lowest BCUT2D eigenvalue weighted by atomic mass is 9.91. The molecule has 0 saturated carbocycles. The summed E-state index contributed by atoms with van der Waals surface area (Å²) in [6.45, 7) is 0.157. The summed E-state index contributed by atoms with van der Waals surface area (Å²) in [5.74, 6) is -2.87. The van der Waals surface area contributed by atoms with Gasteiger partial charge in [0.15, 0.2) is 5.79 Å². The number of hydrogen-bond acceptors (Lipinski definition) is 6. The van der Waals surface area contributed by atoms with E-state index < -0.39 is 32.4 Å². The maximum atomic E-state index is 13.4. The Kier molecular flexibility index (Phi) is 5.04. The summed E-state index contributed by atoms with van der Waals surface area (Å²) >= 11 is 0. The average molecular weight is 415 g/mol. The summed E-state index contributed by atoms with van der Waals surface area (Å²) < 4.78 is 38.1. The van der Waals surface area contributed by atoms with Crippen molar-refractivity contribution in [3.63, 3.8) is 0 Å². The number of hydrogen-bond donors (Lipinski definition) is 1. The summed E-state index contributed by atoms with van der Waals surface area (Å²) in [5.41, 5.74) is 3.25. The standard InChI is InChI=1S/C21H21NO6S/c1-26-20-12-13-21(28-20,29(24,25)17-10-6-3-7-11-17)18(14-20)19(23)22-27-15-16-8-4-2-5-9-16/h2-13,18H,14-15H2,1H3,(H,22,23). The Morgan fingerprint density at radius 1 is 1.10 bits per heavy atom. The summed E-state index contributed by atoms with van der Waals surface area (Å²) in [5, 5.41) is 0. The smallest absolute Gasteiger partial charge is 0.251 e. The van der Waals surface area contributed by atoms with E-state index in [1.807, 2.05) is 30.3 Å². The molecule has 2 aliphatic heterocycles. The van der Waals surface area contributed by atoms with Crippen molar-refractivity contribution in [3.8, 4) is 0 Å². The van der Waals surface area contributed by atoms with Crippen LogP contribution in [0.3, 0.4) is 0 Å². The van der Waals surface area contributed by atoms with Crippen LogP contribution in [0.25, 0.3) is 0 Å². The number of hydroxylamine groups is 1. The van der Waals surface area contributed by atoms with Crippen LogP contribution < -0.4 is 5.48 Å². The molecule has 2 heterocycles. The van der Waals surface area contributed by atoms with Crippen LogP contribution in [-0.4, -0.2) is 32.2 Å². The number of nitrogens with one attached hydrogen (secondary N) is 1. The van der Waals surface area contributed by atoms with E-state index in [4.69, 9.17) is 14.3 Å². The molecule has 2 aromatic carbocycles. The van der Waals surface area contributed by atoms with Gasteiger partial charge >= 0.3 is 0 Å². The molecule has 2 aromatic rings. The first-order chi connectivity index (χ1) is 13.9. The third-order valence-corrected chi connectivity index (χ3v) is 7.50. The molecule has 1 amide bonds. The molecule has 1 fully saturated rings. The highest BCUT2D eigenvalue weighted by Gasteiger charge is 2.67. The second-order valence-electron chi connectivity index (χ2n) is 6.99. The largest absolute Gasteiger partial charge is 0.350 e. The minimum absolute atomic E-state index is 0.0621. The van der Waals surface area contributed by atoms with E-state index >= 15 is 0 Å². The van der Waals surface area contributed by atoms with E-state index in [1.54, 1.807) is 24.3 Å². The summed E-state index contributed by atoms with van der Waals surface area (Å²) in [6.07, 6.45) is 3.03. The third kappa shape index (κ3) is 3.28. The van der Waals surface area contributed by atoms with Crippen molar-refractivity contribution < 1.29 is 27.5 Å². The molecule has 3 atom stereocenters. The van der Waals surface area contributed by atoms with Gasteiger partial charge in [0.25, 0.3) is 5.91 Å². The summed E-state index contributed by atoms with van der Waals surface area (Å²) in [7, 11) is -2.62. The van der Waals surface area contributed by atoms with E-state index in [2.05, 4.69) is 5.48 Å². The topological polar surface area (TPSA) is 90.9 Å². The Hall–Kier alpha value is -2.52. The zero-order valence-corrected chi connectivity index (χ0v) is 16.6. The summed E-state index contributed by atoms with van der Waals surface area (Å²) in [6, 6.07) is 17.2. The van der Waals surface area contributed by atoms with Crippen molar-refractivity contribution in [1.29, 1.82) is 0 Å². The lowest BCUT2D eigenvalue weighted by Crippen LogP contribution is -2.48. The quantitative estimate of drug-likeness (QED) is 0.551. The van der Waals surface area contributed by atoms with Gasteiger partial charge in [-0.3, -0.25) is 9.63 Å². The number of carbonyl (C=O) groups is 1. The van der Waals surface area contributed by atoms with Crippen LogP contribution in [0.15, 0.2) is 77.7 Å². The highest BCUT2D eigenvalue weighted by molar-refractivity contribution is 7.93. The van der Waals surface area contributed by atoms with Crippen molar-refractivity contribution in [2.75, 3.05) is 7.11 Å². The van der Waals surface area contributed by atoms with Crippen LogP contribution in [0, 0.1) is 5.92 Å². The molecule has 0 aromatic heterocycles. The third-order valence-electron chi connectivity index (χ3n) is 5.27. The number of sulfone groups is 1. The fraction of sp³-hybridized carbons (Fsp3) is 0.286. The van der Waals surface area contributed by atoms with Crippen LogP contribution in [0.4, 0.5) is 0 Å². The van der Waals surface area contributed by atoms with Crippen LogP contribution >= 0.6 is 0 Å². The molecule has 8 heteroatoms. The van der Waals surface area contributed by atoms with Crippen molar-refractivity contribution in [1.82, 2.24) is 5.48 Å². The van der Waals surface area contributed by atoms with Crippen molar-refractivity contribution >= 4 is 15.7 Å². The number of amides is 1. The minimum atomic E-state index is -4.03. The molecule has 0 radical (unpaired) electrons. The predicted octanol–water partition coefficient (Wildman–Crippen LogP) is 2.35. The van der Waals surface area contributed by atoms with Gasteiger partial charge in [-0.1, -0.05) is 48.5 Å². The van der Waals surface area contributed by atoms with Gasteiger partial charge in [0, 0.05) is 13.5 Å². The molecule has 7 nitrogen and oxygen atoms in total. The maximum Gasteiger partial charge on any atom is 0.251 e. The van der Waals surface area contributed by atoms with Gasteiger partial charge in [-0.05, 0) is 29.8 Å². The first-order valence-corrected chi connectivity index (χ1v) is 10.6. The van der Waals surface area contributed by atoms with Crippen LogP contribution in [0.1, 0.15) is 12.0 Å². The fourth-order valence-electron chi connectivity index (χ4n) is 3.72. The number of benzene rings is 2. The molecule has 2 bridgehead atoms. The van der Waals surface area contributed by atoms with Gasteiger partial charge in [-0.15, -0.1) is 0 Å². The normalized spacial score (nSPS) is 27.8. The Morgan fingerprint density at radius 3 is 2.41 bits per heavy atom. The first-order valence-electron chi connectivity index (χ1n) is 9.13. The number of carbonyl (C=O) groups excluding carboxylic acids is 1. The first kappa shape index (κ1) is 19.8. The van der Waals surface area contributed by atoms with Gasteiger partial charge in [-0.25, -0.2) is 13.9 Å². The number of rotatable bonds is 7. The highest BCUT2D eigenvalue weighted by Crippen LogP contribution is 2.54. The molecule has 0 spiro atoms. The molecule has 29 heavy (non-hydrogen) atoms. The zero-order valence-electron chi connectivity index (χ0n) is 15.8. The van der Waals surface area contributed by atoms with Gasteiger partial charge in [0.1, 0.15) is 0 Å². The van der Waals surface area contributed by atoms with Crippen molar-refractivity contribution in [2.45, 2.75) is 28.6 Å². The zero-order chi connectivity index (χ0) is 20.5. The molecule has 4 rings (SSSR count). The Bertz CT molecular complexity index is 1020. The van der Waals surface area contributed by atoms with Crippen molar-refractivity contribution in [3.05, 3.63) is 78.4 Å². The van der Waals surface area contributed by atoms with Crippen LogP contribution in [0.2, 0.25) is 0 Å². The van der Waals surface area contributed by atoms with E-state index in [9.17, 15) is 13.2 Å². The molecule has 1 N–H and O–H groups in total. The van der Waals surface area contributed by atoms with Gasteiger partial charge in [0.05, 0.1) is 17.4 Å². The van der Waals surface area contributed by atoms with Crippen LogP contribution in [-0.2, 0) is 35.5 Å². The van der Waals surface area contributed by atoms with Crippen molar-refractivity contribution in [2.24, 2.45) is 5.92 Å². The van der Waals surface area contributed by atoms with Gasteiger partial charge < -0.3 is 9.47 Å². The fourth-order valence-corrected chi connectivity index (χ4v) is 5.67.